The number of hydrogen-bond donors (Lipinski definition) is 2. The average molecular weight is 314 g/mol. The van der Waals surface area contributed by atoms with Crippen molar-refractivity contribution in [2.24, 2.45) is 0 Å². The second kappa shape index (κ2) is 7.31. The molecule has 0 heterocycles. The summed E-state index contributed by atoms with van der Waals surface area (Å²) in [6, 6.07) is 2.58. The summed E-state index contributed by atoms with van der Waals surface area (Å²) in [5.74, 6) is -2.98. The van der Waals surface area contributed by atoms with Gasteiger partial charge in [0.05, 0.1) is 17.7 Å². The molecule has 22 heavy (non-hydrogen) atoms. The first-order valence-corrected chi connectivity index (χ1v) is 6.87. The summed E-state index contributed by atoms with van der Waals surface area (Å²) in [6.07, 6.45) is 0. The van der Waals surface area contributed by atoms with E-state index in [1.54, 1.807) is 20.8 Å². The summed E-state index contributed by atoms with van der Waals surface area (Å²) in [6.45, 7) is 5.02. The number of benzene rings is 1. The Bertz CT molecular complexity index is 556. The first-order chi connectivity index (χ1) is 10.1. The number of nitrogens with zero attached hydrogens (tertiary/aromatic N) is 1. The molecule has 7 heteroatoms. The van der Waals surface area contributed by atoms with E-state index in [2.05, 4.69) is 5.32 Å². The zero-order chi connectivity index (χ0) is 16.9. The van der Waals surface area contributed by atoms with Crippen LogP contribution in [0.1, 0.15) is 31.1 Å². The van der Waals surface area contributed by atoms with E-state index >= 15 is 0 Å². The number of nitrogens with one attached hydrogen (secondary N) is 1. The van der Waals surface area contributed by atoms with Gasteiger partial charge in [0.25, 0.3) is 5.91 Å². The lowest BCUT2D eigenvalue weighted by Crippen LogP contribution is -2.46. The smallest absolute Gasteiger partial charge is 0.254 e. The van der Waals surface area contributed by atoms with Crippen molar-refractivity contribution >= 4 is 11.8 Å². The van der Waals surface area contributed by atoms with E-state index in [1.807, 2.05) is 0 Å². The Morgan fingerprint density at radius 3 is 2.45 bits per heavy atom. The van der Waals surface area contributed by atoms with Gasteiger partial charge in [0, 0.05) is 19.2 Å². The van der Waals surface area contributed by atoms with E-state index in [1.165, 1.54) is 4.90 Å². The zero-order valence-corrected chi connectivity index (χ0v) is 12.8. The second-order valence-electron chi connectivity index (χ2n) is 5.53. The van der Waals surface area contributed by atoms with Gasteiger partial charge >= 0.3 is 0 Å². The molecule has 2 N–H and O–H groups in total. The molecule has 0 aromatic heterocycles. The summed E-state index contributed by atoms with van der Waals surface area (Å²) in [5.41, 5.74) is -1.39. The first kappa shape index (κ1) is 18.0. The van der Waals surface area contributed by atoms with Crippen LogP contribution in [-0.2, 0) is 4.79 Å². The lowest BCUT2D eigenvalue weighted by Gasteiger charge is -2.28. The molecule has 0 radical (unpaired) electrons. The van der Waals surface area contributed by atoms with E-state index < -0.39 is 29.0 Å². The van der Waals surface area contributed by atoms with Gasteiger partial charge in [-0.3, -0.25) is 9.59 Å². The van der Waals surface area contributed by atoms with Crippen LogP contribution in [0.25, 0.3) is 0 Å². The summed E-state index contributed by atoms with van der Waals surface area (Å²) in [5, 5.41) is 12.0. The van der Waals surface area contributed by atoms with Gasteiger partial charge in [-0.2, -0.15) is 0 Å². The van der Waals surface area contributed by atoms with Crippen LogP contribution in [0, 0.1) is 11.6 Å². The molecule has 0 aliphatic rings. The van der Waals surface area contributed by atoms with E-state index in [9.17, 15) is 23.5 Å². The van der Waals surface area contributed by atoms with Crippen molar-refractivity contribution in [2.75, 3.05) is 19.6 Å². The number of rotatable bonds is 6. The van der Waals surface area contributed by atoms with Gasteiger partial charge in [-0.25, -0.2) is 8.78 Å². The van der Waals surface area contributed by atoms with Crippen molar-refractivity contribution in [3.8, 4) is 0 Å². The predicted octanol–water partition coefficient (Wildman–Crippen LogP) is 1.31. The molecule has 5 nitrogen and oxygen atoms in total. The Labute approximate surface area is 127 Å². The molecule has 0 unspecified atom stereocenters. The molecule has 0 spiro atoms. The fourth-order valence-electron chi connectivity index (χ4n) is 1.88. The summed E-state index contributed by atoms with van der Waals surface area (Å²) < 4.78 is 26.2. The molecule has 0 atom stereocenters. The third kappa shape index (κ3) is 5.40. The normalized spacial score (nSPS) is 11.2. The van der Waals surface area contributed by atoms with E-state index in [0.29, 0.717) is 12.6 Å². The van der Waals surface area contributed by atoms with Gasteiger partial charge in [-0.1, -0.05) is 0 Å². The van der Waals surface area contributed by atoms with E-state index in [0.717, 1.165) is 12.1 Å². The van der Waals surface area contributed by atoms with Crippen molar-refractivity contribution in [1.29, 1.82) is 0 Å². The molecule has 0 bridgehead atoms. The maximum Gasteiger partial charge on any atom is 0.254 e. The van der Waals surface area contributed by atoms with Crippen LogP contribution in [0.5, 0.6) is 0 Å². The maximum absolute atomic E-state index is 13.4. The average Bonchev–Trinajstić information content (AvgIpc) is 2.40. The van der Waals surface area contributed by atoms with Crippen molar-refractivity contribution in [3.05, 3.63) is 35.4 Å². The highest BCUT2D eigenvalue weighted by molar-refractivity contribution is 5.96. The van der Waals surface area contributed by atoms with Crippen LogP contribution in [0.2, 0.25) is 0 Å². The lowest BCUT2D eigenvalue weighted by molar-refractivity contribution is -0.132. The third-order valence-electron chi connectivity index (χ3n) is 2.89. The monoisotopic (exact) mass is 314 g/mol. The van der Waals surface area contributed by atoms with Gasteiger partial charge in [0.1, 0.15) is 11.6 Å². The number of halogens is 2. The number of carbonyl (C=O) groups excluding carboxylic acids is 2. The largest absolute Gasteiger partial charge is 0.389 e. The van der Waals surface area contributed by atoms with Gasteiger partial charge in [-0.05, 0) is 32.9 Å². The van der Waals surface area contributed by atoms with Crippen LogP contribution in [0.15, 0.2) is 18.2 Å². The Kier molecular flexibility index (Phi) is 5.99. The van der Waals surface area contributed by atoms with Crippen LogP contribution < -0.4 is 5.32 Å². The van der Waals surface area contributed by atoms with E-state index in [-0.39, 0.29) is 18.7 Å². The minimum absolute atomic E-state index is 0.114. The summed E-state index contributed by atoms with van der Waals surface area (Å²) >= 11 is 0. The molecule has 0 aliphatic heterocycles. The van der Waals surface area contributed by atoms with Crippen molar-refractivity contribution in [1.82, 2.24) is 10.2 Å². The number of amides is 2. The Morgan fingerprint density at radius 2 is 1.95 bits per heavy atom. The first-order valence-electron chi connectivity index (χ1n) is 6.87. The van der Waals surface area contributed by atoms with Crippen molar-refractivity contribution in [3.63, 3.8) is 0 Å². The molecule has 122 valence electrons. The molecule has 2 amide bonds. The fraction of sp³-hybridized carbons (Fsp3) is 0.467. The van der Waals surface area contributed by atoms with Crippen LogP contribution in [-0.4, -0.2) is 47.1 Å². The molecule has 0 saturated carbocycles. The van der Waals surface area contributed by atoms with Crippen molar-refractivity contribution in [2.45, 2.75) is 26.4 Å². The molecule has 0 aliphatic carbocycles. The maximum atomic E-state index is 13.4. The van der Waals surface area contributed by atoms with Gasteiger partial charge in [0.2, 0.25) is 5.91 Å². The second-order valence-corrected chi connectivity index (χ2v) is 5.53. The van der Waals surface area contributed by atoms with Crippen LogP contribution in [0.3, 0.4) is 0 Å². The Hall–Kier alpha value is -2.02. The number of aliphatic hydroxyl groups is 1. The van der Waals surface area contributed by atoms with Crippen LogP contribution in [0.4, 0.5) is 8.78 Å². The highest BCUT2D eigenvalue weighted by Crippen LogP contribution is 2.09. The molecule has 1 aromatic rings. The van der Waals surface area contributed by atoms with Gasteiger partial charge in [-0.15, -0.1) is 0 Å². The Balaban J connectivity index is 2.64. The summed E-state index contributed by atoms with van der Waals surface area (Å²) in [4.78, 5) is 25.1. The minimum atomic E-state index is -1.06. The fourth-order valence-corrected chi connectivity index (χ4v) is 1.88. The molecular formula is C15H20F2N2O3. The van der Waals surface area contributed by atoms with E-state index in [4.69, 9.17) is 0 Å². The lowest BCUT2D eigenvalue weighted by atomic mass is 10.1. The zero-order valence-electron chi connectivity index (χ0n) is 12.8. The number of carbonyl (C=O) groups is 2. The highest BCUT2D eigenvalue weighted by Gasteiger charge is 2.22. The van der Waals surface area contributed by atoms with Gasteiger partial charge < -0.3 is 15.3 Å². The molecule has 0 fully saturated rings. The standard InChI is InChI=1S/C15H20F2N2O3/c1-4-19(9-15(2,3)22)13(20)8-18-14(21)11-6-5-10(16)7-12(11)17/h5-7,22H,4,8-9H2,1-3H3,(H,18,21). The molecule has 1 rings (SSSR count). The van der Waals surface area contributed by atoms with Crippen molar-refractivity contribution < 1.29 is 23.5 Å². The number of hydrogen-bond acceptors (Lipinski definition) is 3. The van der Waals surface area contributed by atoms with Gasteiger partial charge in [0.15, 0.2) is 0 Å². The third-order valence-corrected chi connectivity index (χ3v) is 2.89. The summed E-state index contributed by atoms with van der Waals surface area (Å²) in [7, 11) is 0. The number of likely N-dealkylation sites (N-methyl/N-ethyl adjacent to an activating group) is 1. The topological polar surface area (TPSA) is 69.6 Å². The SMILES string of the molecule is CCN(CC(C)(C)O)C(=O)CNC(=O)c1ccc(F)cc1F. The van der Waals surface area contributed by atoms with Crippen LogP contribution >= 0.6 is 0 Å². The molecule has 0 saturated heterocycles. The Morgan fingerprint density at radius 1 is 1.32 bits per heavy atom. The minimum Gasteiger partial charge on any atom is -0.389 e. The predicted molar refractivity (Wildman–Crippen MR) is 77.2 cm³/mol. The quantitative estimate of drug-likeness (QED) is 0.832. The highest BCUT2D eigenvalue weighted by atomic mass is 19.1. The molecular weight excluding hydrogens is 294 g/mol. The molecule has 1 aromatic carbocycles.